The van der Waals surface area contributed by atoms with E-state index in [9.17, 15) is 13.8 Å². The Bertz CT molecular complexity index is 446. The van der Waals surface area contributed by atoms with Gasteiger partial charge in [0.1, 0.15) is 5.25 Å². The zero-order valence-corrected chi connectivity index (χ0v) is 10.0. The van der Waals surface area contributed by atoms with Gasteiger partial charge in [0.05, 0.1) is 10.8 Å². The summed E-state index contributed by atoms with van der Waals surface area (Å²) in [6, 6.07) is 8.15. The molecule has 0 aliphatic heterocycles. The number of carbonyl (C=O) groups is 2. The number of hydrogen-bond donors (Lipinski definition) is 2. The van der Waals surface area contributed by atoms with E-state index in [2.05, 4.69) is 0 Å². The molecule has 92 valence electrons. The van der Waals surface area contributed by atoms with E-state index in [0.29, 0.717) is 5.56 Å². The largest absolute Gasteiger partial charge is 0.480 e. The van der Waals surface area contributed by atoms with Crippen LogP contribution in [0.1, 0.15) is 17.7 Å². The lowest BCUT2D eigenvalue weighted by atomic mass is 10.1. The highest BCUT2D eigenvalue weighted by Gasteiger charge is 2.32. The van der Waals surface area contributed by atoms with Gasteiger partial charge in [0, 0.05) is 0 Å². The molecular weight excluding hydrogens is 242 g/mol. The molecule has 0 fully saturated rings. The Morgan fingerprint density at radius 3 is 2.24 bits per heavy atom. The van der Waals surface area contributed by atoms with Crippen LogP contribution in [0.2, 0.25) is 0 Å². The van der Waals surface area contributed by atoms with Gasteiger partial charge >= 0.3 is 5.97 Å². The van der Waals surface area contributed by atoms with Crippen LogP contribution in [0.5, 0.6) is 0 Å². The third-order valence-electron chi connectivity index (χ3n) is 2.31. The lowest BCUT2D eigenvalue weighted by Gasteiger charge is -2.15. The highest BCUT2D eigenvalue weighted by Crippen LogP contribution is 2.22. The van der Waals surface area contributed by atoms with Crippen LogP contribution in [-0.2, 0) is 20.4 Å². The van der Waals surface area contributed by atoms with Gasteiger partial charge in [0.2, 0.25) is 5.91 Å². The first kappa shape index (κ1) is 13.4. The van der Waals surface area contributed by atoms with Crippen molar-refractivity contribution in [1.29, 1.82) is 0 Å². The van der Waals surface area contributed by atoms with Crippen LogP contribution in [0.4, 0.5) is 0 Å². The number of aliphatic carboxylic acids is 1. The first-order chi connectivity index (χ1) is 7.95. The highest BCUT2D eigenvalue weighted by molar-refractivity contribution is 7.87. The maximum absolute atomic E-state index is 12.0. The van der Waals surface area contributed by atoms with Gasteiger partial charge in [-0.1, -0.05) is 30.3 Å². The van der Waals surface area contributed by atoms with E-state index in [1.807, 2.05) is 0 Å². The number of carboxylic acids is 1. The number of carbonyl (C=O) groups excluding carboxylic acids is 1. The molecular formula is C11H13NO4S. The summed E-state index contributed by atoms with van der Waals surface area (Å²) >= 11 is 0. The molecule has 1 amide bonds. The zero-order chi connectivity index (χ0) is 13.0. The Labute approximate surface area is 101 Å². The van der Waals surface area contributed by atoms with Crippen molar-refractivity contribution < 1.29 is 18.9 Å². The minimum absolute atomic E-state index is 0.395. The van der Waals surface area contributed by atoms with E-state index in [1.54, 1.807) is 30.3 Å². The first-order valence-corrected chi connectivity index (χ1v) is 6.19. The molecule has 0 spiro atoms. The van der Waals surface area contributed by atoms with Gasteiger partial charge in [0.15, 0.2) is 5.25 Å². The Morgan fingerprint density at radius 1 is 1.29 bits per heavy atom. The molecule has 0 saturated carbocycles. The maximum atomic E-state index is 12.0. The normalized spacial score (nSPS) is 15.8. The van der Waals surface area contributed by atoms with E-state index < -0.39 is 33.2 Å². The third-order valence-corrected chi connectivity index (χ3v) is 4.18. The number of primary amides is 1. The number of amides is 1. The summed E-state index contributed by atoms with van der Waals surface area (Å²) in [6.07, 6.45) is 0. The van der Waals surface area contributed by atoms with Gasteiger partial charge in [-0.05, 0) is 12.5 Å². The molecule has 3 N–H and O–H groups in total. The molecule has 0 aliphatic carbocycles. The summed E-state index contributed by atoms with van der Waals surface area (Å²) < 4.78 is 12.0. The molecule has 3 atom stereocenters. The van der Waals surface area contributed by atoms with E-state index in [0.717, 1.165) is 0 Å². The summed E-state index contributed by atoms with van der Waals surface area (Å²) in [5, 5.41) is 6.84. The summed E-state index contributed by atoms with van der Waals surface area (Å²) in [6.45, 7) is 1.36. The Morgan fingerprint density at radius 2 is 1.82 bits per heavy atom. The van der Waals surface area contributed by atoms with E-state index in [-0.39, 0.29) is 0 Å². The van der Waals surface area contributed by atoms with Crippen LogP contribution < -0.4 is 5.73 Å². The van der Waals surface area contributed by atoms with Gasteiger partial charge in [0.25, 0.3) is 0 Å². The SMILES string of the molecule is CC(C(N)=O)S(=O)C(C(=O)O)c1ccccc1. The second-order valence-electron chi connectivity index (χ2n) is 3.50. The monoisotopic (exact) mass is 255 g/mol. The molecule has 0 saturated heterocycles. The summed E-state index contributed by atoms with van der Waals surface area (Å²) in [5.74, 6) is -2.01. The van der Waals surface area contributed by atoms with Crippen LogP contribution in [0, 0.1) is 0 Å². The molecule has 0 radical (unpaired) electrons. The van der Waals surface area contributed by atoms with E-state index in [1.165, 1.54) is 6.92 Å². The lowest BCUT2D eigenvalue weighted by molar-refractivity contribution is -0.136. The number of carboxylic acid groups (broad SMARTS) is 1. The first-order valence-electron chi connectivity index (χ1n) is 4.91. The fourth-order valence-corrected chi connectivity index (χ4v) is 2.58. The van der Waals surface area contributed by atoms with Crippen molar-refractivity contribution in [1.82, 2.24) is 0 Å². The van der Waals surface area contributed by atoms with Gasteiger partial charge in [-0.2, -0.15) is 0 Å². The van der Waals surface area contributed by atoms with Crippen molar-refractivity contribution in [2.75, 3.05) is 0 Å². The number of rotatable bonds is 5. The standard InChI is InChI=1S/C11H13NO4S/c1-7(10(12)13)17(16)9(11(14)15)8-5-3-2-4-6-8/h2-7,9H,1H3,(H2,12,13)(H,14,15). The van der Waals surface area contributed by atoms with Crippen molar-refractivity contribution in [2.24, 2.45) is 5.73 Å². The lowest BCUT2D eigenvalue weighted by Crippen LogP contribution is -2.34. The topological polar surface area (TPSA) is 97.5 Å². The molecule has 1 aromatic rings. The molecule has 0 heterocycles. The number of nitrogens with two attached hydrogens (primary N) is 1. The Kier molecular flexibility index (Phi) is 4.39. The second kappa shape index (κ2) is 5.58. The fourth-order valence-electron chi connectivity index (χ4n) is 1.32. The Balaban J connectivity index is 3.07. The van der Waals surface area contributed by atoms with Crippen LogP contribution in [0.3, 0.4) is 0 Å². The average molecular weight is 255 g/mol. The predicted octanol–water partition coefficient (Wildman–Crippen LogP) is 0.435. The highest BCUT2D eigenvalue weighted by atomic mass is 32.2. The summed E-state index contributed by atoms with van der Waals surface area (Å²) in [4.78, 5) is 22.1. The quantitative estimate of drug-likeness (QED) is 0.797. The van der Waals surface area contributed by atoms with Crippen molar-refractivity contribution in [3.63, 3.8) is 0 Å². The van der Waals surface area contributed by atoms with Gasteiger partial charge < -0.3 is 10.8 Å². The van der Waals surface area contributed by atoms with Crippen LogP contribution in [-0.4, -0.2) is 26.4 Å². The molecule has 6 heteroatoms. The predicted molar refractivity (Wildman–Crippen MR) is 63.6 cm³/mol. The minimum Gasteiger partial charge on any atom is -0.480 e. The summed E-state index contributed by atoms with van der Waals surface area (Å²) in [5.41, 5.74) is 5.42. The molecule has 1 aromatic carbocycles. The Hall–Kier alpha value is -1.69. The maximum Gasteiger partial charge on any atom is 0.323 e. The molecule has 0 aromatic heterocycles. The number of benzene rings is 1. The minimum atomic E-state index is -1.89. The van der Waals surface area contributed by atoms with Gasteiger partial charge in [-0.3, -0.25) is 13.8 Å². The molecule has 17 heavy (non-hydrogen) atoms. The molecule has 0 aliphatic rings. The zero-order valence-electron chi connectivity index (χ0n) is 9.20. The summed E-state index contributed by atoms with van der Waals surface area (Å²) in [7, 11) is -1.89. The van der Waals surface area contributed by atoms with Crippen LogP contribution in [0.25, 0.3) is 0 Å². The smallest absolute Gasteiger partial charge is 0.323 e. The van der Waals surface area contributed by atoms with Crippen LogP contribution in [0.15, 0.2) is 30.3 Å². The van der Waals surface area contributed by atoms with Crippen molar-refractivity contribution >= 4 is 22.7 Å². The van der Waals surface area contributed by atoms with Crippen molar-refractivity contribution in [2.45, 2.75) is 17.4 Å². The van der Waals surface area contributed by atoms with E-state index >= 15 is 0 Å². The van der Waals surface area contributed by atoms with Crippen molar-refractivity contribution in [3.05, 3.63) is 35.9 Å². The van der Waals surface area contributed by atoms with Crippen molar-refractivity contribution in [3.8, 4) is 0 Å². The second-order valence-corrected chi connectivity index (χ2v) is 5.34. The van der Waals surface area contributed by atoms with Gasteiger partial charge in [-0.25, -0.2) is 0 Å². The molecule has 5 nitrogen and oxygen atoms in total. The third kappa shape index (κ3) is 3.13. The van der Waals surface area contributed by atoms with Crippen LogP contribution >= 0.6 is 0 Å². The molecule has 1 rings (SSSR count). The average Bonchev–Trinajstić information content (AvgIpc) is 2.28. The fraction of sp³-hybridized carbons (Fsp3) is 0.273. The van der Waals surface area contributed by atoms with E-state index in [4.69, 9.17) is 10.8 Å². The molecule has 0 bridgehead atoms. The molecule has 3 unspecified atom stereocenters. The number of hydrogen-bond acceptors (Lipinski definition) is 3. The van der Waals surface area contributed by atoms with Gasteiger partial charge in [-0.15, -0.1) is 0 Å².